The summed E-state index contributed by atoms with van der Waals surface area (Å²) in [5.74, 6) is 0.257. The van der Waals surface area contributed by atoms with E-state index in [1.807, 2.05) is 35.8 Å². The van der Waals surface area contributed by atoms with Gasteiger partial charge in [0.25, 0.3) is 0 Å². The molecule has 0 N–H and O–H groups in total. The molecule has 2 aromatic carbocycles. The number of rotatable bonds is 7. The predicted molar refractivity (Wildman–Crippen MR) is 126 cm³/mol. The molecular weight excluding hydrogens is 439 g/mol. The minimum Gasteiger partial charge on any atom is -0.462 e. The van der Waals surface area contributed by atoms with E-state index >= 15 is 0 Å². The summed E-state index contributed by atoms with van der Waals surface area (Å²) in [6.07, 6.45) is 2.02. The molecule has 1 aliphatic rings. The van der Waals surface area contributed by atoms with Crippen molar-refractivity contribution in [2.45, 2.75) is 43.6 Å². The number of esters is 1. The van der Waals surface area contributed by atoms with Crippen molar-refractivity contribution >= 4 is 28.6 Å². The number of thioether (sulfide) groups is 1. The molecule has 0 radical (unpaired) electrons. The molecule has 0 spiro atoms. The van der Waals surface area contributed by atoms with Crippen LogP contribution in [-0.2, 0) is 10.5 Å². The van der Waals surface area contributed by atoms with E-state index in [0.29, 0.717) is 40.2 Å². The Morgan fingerprint density at radius 2 is 1.91 bits per heavy atom. The van der Waals surface area contributed by atoms with Crippen LogP contribution in [0.4, 0.5) is 4.39 Å². The summed E-state index contributed by atoms with van der Waals surface area (Å²) in [6, 6.07) is 14.6. The van der Waals surface area contributed by atoms with E-state index in [-0.39, 0.29) is 17.8 Å². The molecule has 0 unspecified atom stereocenters. The molecule has 1 fully saturated rings. The van der Waals surface area contributed by atoms with E-state index in [4.69, 9.17) is 9.72 Å². The van der Waals surface area contributed by atoms with E-state index in [2.05, 4.69) is 10.2 Å². The summed E-state index contributed by atoms with van der Waals surface area (Å²) in [5, 5.41) is 10.3. The van der Waals surface area contributed by atoms with Crippen LogP contribution in [0.5, 0.6) is 0 Å². The molecule has 0 amide bonds. The predicted octanol–water partition coefficient (Wildman–Crippen LogP) is 5.74. The lowest BCUT2D eigenvalue weighted by Crippen LogP contribution is -2.12. The highest BCUT2D eigenvalue weighted by Crippen LogP contribution is 2.42. The summed E-state index contributed by atoms with van der Waals surface area (Å²) >= 11 is 1.45. The Morgan fingerprint density at radius 3 is 2.67 bits per heavy atom. The molecule has 0 aliphatic heterocycles. The van der Waals surface area contributed by atoms with Crippen molar-refractivity contribution in [1.82, 2.24) is 19.7 Å². The lowest BCUT2D eigenvalue weighted by atomic mass is 10.0. The van der Waals surface area contributed by atoms with Crippen molar-refractivity contribution in [1.29, 1.82) is 0 Å². The number of hydrogen-bond acceptors (Lipinski definition) is 6. The Bertz CT molecular complexity index is 1350. The molecule has 1 saturated carbocycles. The maximum Gasteiger partial charge on any atom is 0.340 e. The quantitative estimate of drug-likeness (QED) is 0.257. The number of hydrogen-bond donors (Lipinski definition) is 0. The molecular formula is C25H23FN4O2S. The van der Waals surface area contributed by atoms with Crippen molar-refractivity contribution in [3.63, 3.8) is 0 Å². The minimum atomic E-state index is -0.375. The topological polar surface area (TPSA) is 69.9 Å². The average Bonchev–Trinajstić information content (AvgIpc) is 3.57. The standard InChI is InChI=1S/C25H23FN4O2S/c1-3-32-24(31)22-15(2)17-8-5-7-11-20(17)27-21(22)14-33-25-29-28-23(30(25)16-12-13-16)18-9-4-6-10-19(18)26/h4-11,16H,3,12-14H2,1-2H3. The van der Waals surface area contributed by atoms with Gasteiger partial charge in [0.15, 0.2) is 11.0 Å². The van der Waals surface area contributed by atoms with Gasteiger partial charge in [-0.25, -0.2) is 9.18 Å². The number of carbonyl (C=O) groups is 1. The Balaban J connectivity index is 1.52. The van der Waals surface area contributed by atoms with Gasteiger partial charge in [-0.1, -0.05) is 42.1 Å². The summed E-state index contributed by atoms with van der Waals surface area (Å²) in [5.41, 5.74) is 3.26. The van der Waals surface area contributed by atoms with Crippen LogP contribution in [0.1, 0.15) is 47.4 Å². The second-order valence-corrected chi connectivity index (χ2v) is 8.91. The van der Waals surface area contributed by atoms with Crippen LogP contribution in [0, 0.1) is 12.7 Å². The van der Waals surface area contributed by atoms with E-state index in [0.717, 1.165) is 29.3 Å². The van der Waals surface area contributed by atoms with Gasteiger partial charge < -0.3 is 4.74 Å². The van der Waals surface area contributed by atoms with Gasteiger partial charge in [-0.05, 0) is 50.5 Å². The Labute approximate surface area is 195 Å². The number of ether oxygens (including phenoxy) is 1. The molecule has 4 aromatic rings. The van der Waals surface area contributed by atoms with Gasteiger partial charge in [0, 0.05) is 17.2 Å². The summed E-state index contributed by atoms with van der Waals surface area (Å²) in [7, 11) is 0. The fraction of sp³-hybridized carbons (Fsp3) is 0.280. The third kappa shape index (κ3) is 4.11. The molecule has 2 heterocycles. The van der Waals surface area contributed by atoms with Crippen LogP contribution >= 0.6 is 11.8 Å². The van der Waals surface area contributed by atoms with Crippen LogP contribution in [-0.4, -0.2) is 32.3 Å². The lowest BCUT2D eigenvalue weighted by molar-refractivity contribution is 0.0524. The maximum absolute atomic E-state index is 14.5. The van der Waals surface area contributed by atoms with E-state index in [1.165, 1.54) is 17.8 Å². The van der Waals surface area contributed by atoms with Gasteiger partial charge in [0.05, 0.1) is 28.9 Å². The van der Waals surface area contributed by atoms with Gasteiger partial charge >= 0.3 is 5.97 Å². The second kappa shape index (κ2) is 8.94. The largest absolute Gasteiger partial charge is 0.462 e. The SMILES string of the molecule is CCOC(=O)c1c(CSc2nnc(-c3ccccc3F)n2C2CC2)nc2ccccc2c1C. The van der Waals surface area contributed by atoms with Crippen LogP contribution in [0.3, 0.4) is 0 Å². The number of para-hydroxylation sites is 1. The minimum absolute atomic E-state index is 0.257. The molecule has 5 rings (SSSR count). The fourth-order valence-corrected chi connectivity index (χ4v) is 4.96. The Hall–Kier alpha value is -3.26. The van der Waals surface area contributed by atoms with Gasteiger partial charge in [-0.2, -0.15) is 0 Å². The first-order valence-electron chi connectivity index (χ1n) is 11.0. The first-order valence-corrected chi connectivity index (χ1v) is 11.9. The first kappa shape index (κ1) is 21.6. The third-order valence-corrected chi connectivity index (χ3v) is 6.69. The highest BCUT2D eigenvalue weighted by atomic mass is 32.2. The zero-order chi connectivity index (χ0) is 22.9. The lowest BCUT2D eigenvalue weighted by Gasteiger charge is -2.14. The number of aromatic nitrogens is 4. The van der Waals surface area contributed by atoms with E-state index < -0.39 is 0 Å². The summed E-state index contributed by atoms with van der Waals surface area (Å²) < 4.78 is 21.8. The number of benzene rings is 2. The van der Waals surface area contributed by atoms with Crippen molar-refractivity contribution in [3.05, 3.63) is 71.2 Å². The molecule has 0 bridgehead atoms. The third-order valence-electron chi connectivity index (χ3n) is 5.74. The van der Waals surface area contributed by atoms with Crippen molar-refractivity contribution < 1.29 is 13.9 Å². The number of aryl methyl sites for hydroxylation is 1. The molecule has 0 saturated heterocycles. The fourth-order valence-electron chi connectivity index (χ4n) is 4.02. The first-order chi connectivity index (χ1) is 16.1. The molecule has 168 valence electrons. The molecule has 0 atom stereocenters. The monoisotopic (exact) mass is 462 g/mol. The number of fused-ring (bicyclic) bond motifs is 1. The van der Waals surface area contributed by atoms with Crippen molar-refractivity contribution in [3.8, 4) is 11.4 Å². The van der Waals surface area contributed by atoms with Crippen molar-refractivity contribution in [2.24, 2.45) is 0 Å². The van der Waals surface area contributed by atoms with Crippen LogP contribution in [0.15, 0.2) is 53.7 Å². The van der Waals surface area contributed by atoms with E-state index in [1.54, 1.807) is 25.1 Å². The second-order valence-electron chi connectivity index (χ2n) is 7.97. The highest BCUT2D eigenvalue weighted by Gasteiger charge is 2.31. The molecule has 2 aromatic heterocycles. The maximum atomic E-state index is 14.5. The van der Waals surface area contributed by atoms with E-state index in [9.17, 15) is 9.18 Å². The zero-order valence-electron chi connectivity index (χ0n) is 18.4. The molecule has 6 nitrogen and oxygen atoms in total. The zero-order valence-corrected chi connectivity index (χ0v) is 19.2. The van der Waals surface area contributed by atoms with Gasteiger partial charge in [0.2, 0.25) is 0 Å². The molecule has 33 heavy (non-hydrogen) atoms. The number of carbonyl (C=O) groups excluding carboxylic acids is 1. The molecule has 8 heteroatoms. The van der Waals surface area contributed by atoms with Crippen molar-refractivity contribution in [2.75, 3.05) is 6.61 Å². The van der Waals surface area contributed by atoms with Crippen LogP contribution < -0.4 is 0 Å². The van der Waals surface area contributed by atoms with Gasteiger partial charge in [-0.3, -0.25) is 9.55 Å². The Kier molecular flexibility index (Phi) is 5.85. The van der Waals surface area contributed by atoms with Crippen LogP contribution in [0.25, 0.3) is 22.3 Å². The summed E-state index contributed by atoms with van der Waals surface area (Å²) in [6.45, 7) is 4.01. The normalized spacial score (nSPS) is 13.4. The Morgan fingerprint density at radius 1 is 1.15 bits per heavy atom. The summed E-state index contributed by atoms with van der Waals surface area (Å²) in [4.78, 5) is 17.6. The number of pyridine rings is 1. The number of nitrogens with zero attached hydrogens (tertiary/aromatic N) is 4. The molecule has 1 aliphatic carbocycles. The average molecular weight is 463 g/mol. The number of halogens is 1. The van der Waals surface area contributed by atoms with Crippen LogP contribution in [0.2, 0.25) is 0 Å². The highest BCUT2D eigenvalue weighted by molar-refractivity contribution is 7.98. The van der Waals surface area contributed by atoms with Gasteiger partial charge in [0.1, 0.15) is 5.82 Å². The smallest absolute Gasteiger partial charge is 0.340 e. The van der Waals surface area contributed by atoms with Gasteiger partial charge in [-0.15, -0.1) is 10.2 Å².